The highest BCUT2D eigenvalue weighted by Gasteiger charge is 2.14. The molecule has 6 heteroatoms. The second-order valence-corrected chi connectivity index (χ2v) is 4.23. The predicted octanol–water partition coefficient (Wildman–Crippen LogP) is 3.24. The Balaban J connectivity index is 2.19. The zero-order valence-corrected chi connectivity index (χ0v) is 11.0. The molecule has 96 valence electrons. The fraction of sp³-hybridized carbons (Fsp3) is 0.333. The molecule has 0 aliphatic heterocycles. The molecule has 1 aromatic heterocycles. The van der Waals surface area contributed by atoms with Crippen molar-refractivity contribution < 1.29 is 9.13 Å². The van der Waals surface area contributed by atoms with Gasteiger partial charge < -0.3 is 9.30 Å². The highest BCUT2D eigenvalue weighted by atomic mass is 32.1. The summed E-state index contributed by atoms with van der Waals surface area (Å²) in [5.74, 6) is 1.04. The second kappa shape index (κ2) is 5.30. The Morgan fingerprint density at radius 1 is 1.44 bits per heavy atom. The number of benzene rings is 1. The Labute approximate surface area is 109 Å². The maximum atomic E-state index is 12.8. The SMILES string of the molecule is CCn1c([C@@H](C)Oc2ccc(F)cc2)n[nH]c1=S. The van der Waals surface area contributed by atoms with E-state index in [1.165, 1.54) is 12.1 Å². The maximum absolute atomic E-state index is 12.8. The van der Waals surface area contributed by atoms with Crippen molar-refractivity contribution in [1.82, 2.24) is 14.8 Å². The lowest BCUT2D eigenvalue weighted by atomic mass is 10.3. The number of rotatable bonds is 4. The summed E-state index contributed by atoms with van der Waals surface area (Å²) < 4.78 is 20.9. The van der Waals surface area contributed by atoms with Gasteiger partial charge in [-0.05, 0) is 50.3 Å². The second-order valence-electron chi connectivity index (χ2n) is 3.85. The average Bonchev–Trinajstić information content (AvgIpc) is 2.73. The molecular formula is C12H14FN3OS. The Morgan fingerprint density at radius 2 is 2.11 bits per heavy atom. The van der Waals surface area contributed by atoms with Crippen LogP contribution in [0.2, 0.25) is 0 Å². The van der Waals surface area contributed by atoms with E-state index in [-0.39, 0.29) is 11.9 Å². The average molecular weight is 267 g/mol. The third-order valence-corrected chi connectivity index (χ3v) is 2.91. The maximum Gasteiger partial charge on any atom is 0.195 e. The van der Waals surface area contributed by atoms with Gasteiger partial charge in [0.1, 0.15) is 11.6 Å². The molecule has 0 spiro atoms. The van der Waals surface area contributed by atoms with E-state index in [0.717, 1.165) is 12.4 Å². The summed E-state index contributed by atoms with van der Waals surface area (Å²) in [4.78, 5) is 0. The number of aromatic nitrogens is 3. The number of nitrogens with zero attached hydrogens (tertiary/aromatic N) is 2. The van der Waals surface area contributed by atoms with Gasteiger partial charge in [0.25, 0.3) is 0 Å². The van der Waals surface area contributed by atoms with E-state index in [1.807, 2.05) is 18.4 Å². The minimum Gasteiger partial charge on any atom is -0.483 e. The normalized spacial score (nSPS) is 12.4. The van der Waals surface area contributed by atoms with Crippen molar-refractivity contribution in [1.29, 1.82) is 0 Å². The first-order chi connectivity index (χ1) is 8.61. The van der Waals surface area contributed by atoms with Gasteiger partial charge in [-0.3, -0.25) is 5.10 Å². The predicted molar refractivity (Wildman–Crippen MR) is 68.5 cm³/mol. The summed E-state index contributed by atoms with van der Waals surface area (Å²) in [7, 11) is 0. The number of hydrogen-bond acceptors (Lipinski definition) is 3. The van der Waals surface area contributed by atoms with Gasteiger partial charge in [-0.15, -0.1) is 0 Å². The molecule has 0 aliphatic rings. The molecule has 0 unspecified atom stereocenters. The minimum atomic E-state index is -0.286. The number of nitrogens with one attached hydrogen (secondary N) is 1. The van der Waals surface area contributed by atoms with E-state index in [4.69, 9.17) is 17.0 Å². The van der Waals surface area contributed by atoms with Crippen molar-refractivity contribution in [2.24, 2.45) is 0 Å². The summed E-state index contributed by atoms with van der Waals surface area (Å²) in [5, 5.41) is 6.89. The van der Waals surface area contributed by atoms with Crippen molar-refractivity contribution in [3.05, 3.63) is 40.7 Å². The van der Waals surface area contributed by atoms with Crippen LogP contribution in [0, 0.1) is 10.6 Å². The Kier molecular flexibility index (Phi) is 3.76. The van der Waals surface area contributed by atoms with E-state index >= 15 is 0 Å². The Hall–Kier alpha value is -1.69. The molecule has 0 bridgehead atoms. The van der Waals surface area contributed by atoms with Gasteiger partial charge in [0.05, 0.1) is 0 Å². The highest BCUT2D eigenvalue weighted by Crippen LogP contribution is 2.20. The minimum absolute atomic E-state index is 0.261. The van der Waals surface area contributed by atoms with Gasteiger partial charge >= 0.3 is 0 Å². The van der Waals surface area contributed by atoms with Gasteiger partial charge in [0.15, 0.2) is 16.7 Å². The van der Waals surface area contributed by atoms with Gasteiger partial charge in [0.2, 0.25) is 0 Å². The van der Waals surface area contributed by atoms with Crippen LogP contribution < -0.4 is 4.74 Å². The smallest absolute Gasteiger partial charge is 0.195 e. The van der Waals surface area contributed by atoms with E-state index in [2.05, 4.69) is 10.2 Å². The summed E-state index contributed by atoms with van der Waals surface area (Å²) in [6.07, 6.45) is -0.261. The van der Waals surface area contributed by atoms with Crippen LogP contribution in [0.25, 0.3) is 0 Å². The summed E-state index contributed by atoms with van der Waals surface area (Å²) >= 11 is 5.11. The van der Waals surface area contributed by atoms with Crippen LogP contribution in [0.15, 0.2) is 24.3 Å². The van der Waals surface area contributed by atoms with Gasteiger partial charge in [-0.25, -0.2) is 4.39 Å². The van der Waals surface area contributed by atoms with Crippen LogP contribution in [0.3, 0.4) is 0 Å². The quantitative estimate of drug-likeness (QED) is 0.865. The van der Waals surface area contributed by atoms with Gasteiger partial charge in [-0.1, -0.05) is 0 Å². The van der Waals surface area contributed by atoms with Crippen LogP contribution in [0.4, 0.5) is 4.39 Å². The zero-order valence-electron chi connectivity index (χ0n) is 10.2. The van der Waals surface area contributed by atoms with E-state index in [9.17, 15) is 4.39 Å². The van der Waals surface area contributed by atoms with Gasteiger partial charge in [0, 0.05) is 6.54 Å². The zero-order chi connectivity index (χ0) is 13.1. The largest absolute Gasteiger partial charge is 0.483 e. The van der Waals surface area contributed by atoms with Crippen molar-refractivity contribution in [3.63, 3.8) is 0 Å². The molecule has 0 amide bonds. The third kappa shape index (κ3) is 2.59. The Morgan fingerprint density at radius 3 is 2.72 bits per heavy atom. The van der Waals surface area contributed by atoms with Crippen molar-refractivity contribution in [3.8, 4) is 5.75 Å². The Bertz CT molecular complexity index is 576. The topological polar surface area (TPSA) is 42.8 Å². The molecule has 18 heavy (non-hydrogen) atoms. The van der Waals surface area contributed by atoms with Crippen LogP contribution in [0.5, 0.6) is 5.75 Å². The molecule has 1 aromatic carbocycles. The number of H-pyrrole nitrogens is 1. The molecular weight excluding hydrogens is 253 g/mol. The fourth-order valence-corrected chi connectivity index (χ4v) is 1.98. The number of ether oxygens (including phenoxy) is 1. The van der Waals surface area contributed by atoms with Crippen molar-refractivity contribution in [2.75, 3.05) is 0 Å². The molecule has 0 saturated heterocycles. The van der Waals surface area contributed by atoms with Crippen LogP contribution in [0.1, 0.15) is 25.8 Å². The van der Waals surface area contributed by atoms with Crippen LogP contribution >= 0.6 is 12.2 Å². The molecule has 0 saturated carbocycles. The first-order valence-electron chi connectivity index (χ1n) is 5.69. The molecule has 1 N–H and O–H groups in total. The summed E-state index contributed by atoms with van der Waals surface area (Å²) in [6.45, 7) is 4.59. The lowest BCUT2D eigenvalue weighted by molar-refractivity contribution is 0.210. The standard InChI is InChI=1S/C12H14FN3OS/c1-3-16-11(14-15-12(16)18)8(2)17-10-6-4-9(13)5-7-10/h4-8H,3H2,1-2H3,(H,15,18)/t8-/m1/s1. The third-order valence-electron chi connectivity index (χ3n) is 2.59. The molecule has 0 fully saturated rings. The van der Waals surface area contributed by atoms with E-state index in [0.29, 0.717) is 10.5 Å². The lowest BCUT2D eigenvalue weighted by Crippen LogP contribution is -2.11. The monoisotopic (exact) mass is 267 g/mol. The number of aromatic amines is 1. The molecule has 2 rings (SSSR count). The van der Waals surface area contributed by atoms with E-state index < -0.39 is 0 Å². The van der Waals surface area contributed by atoms with Crippen molar-refractivity contribution in [2.45, 2.75) is 26.5 Å². The van der Waals surface area contributed by atoms with Crippen LogP contribution in [-0.2, 0) is 6.54 Å². The molecule has 1 atom stereocenters. The molecule has 0 aliphatic carbocycles. The lowest BCUT2D eigenvalue weighted by Gasteiger charge is -2.14. The summed E-state index contributed by atoms with van der Waals surface area (Å²) in [6, 6.07) is 5.89. The molecule has 1 heterocycles. The number of hydrogen-bond donors (Lipinski definition) is 1. The molecule has 4 nitrogen and oxygen atoms in total. The number of halogens is 1. The van der Waals surface area contributed by atoms with E-state index in [1.54, 1.807) is 12.1 Å². The highest BCUT2D eigenvalue weighted by molar-refractivity contribution is 7.71. The van der Waals surface area contributed by atoms with Crippen LogP contribution in [-0.4, -0.2) is 14.8 Å². The fourth-order valence-electron chi connectivity index (χ4n) is 1.72. The molecule has 2 aromatic rings. The first kappa shape index (κ1) is 12.8. The molecule has 0 radical (unpaired) electrons. The summed E-state index contributed by atoms with van der Waals surface area (Å²) in [5.41, 5.74) is 0. The van der Waals surface area contributed by atoms with Crippen molar-refractivity contribution >= 4 is 12.2 Å². The first-order valence-corrected chi connectivity index (χ1v) is 6.10. The van der Waals surface area contributed by atoms with Gasteiger partial charge in [-0.2, -0.15) is 5.10 Å².